The third kappa shape index (κ3) is 3.72. The first-order chi connectivity index (χ1) is 13.7. The zero-order chi connectivity index (χ0) is 21.5. The number of hydrogen-bond donors (Lipinski definition) is 1. The zero-order valence-electron chi connectivity index (χ0n) is 17.5. The number of fused-ring (bicyclic) bond motifs is 3. The summed E-state index contributed by atoms with van der Waals surface area (Å²) in [6.07, 6.45) is 1.90. The minimum atomic E-state index is -0.498. The Labute approximate surface area is 179 Å². The van der Waals surface area contributed by atoms with Crippen molar-refractivity contribution in [2.45, 2.75) is 47.1 Å². The smallest absolute Gasteiger partial charge is 0.274 e. The Balaban J connectivity index is 0.00000117. The minimum absolute atomic E-state index is 0.198. The van der Waals surface area contributed by atoms with Crippen LogP contribution in [0.1, 0.15) is 59.8 Å². The normalized spacial score (nSPS) is 16.7. The maximum Gasteiger partial charge on any atom is 0.274 e. The van der Waals surface area contributed by atoms with Gasteiger partial charge in [-0.25, -0.2) is 4.39 Å². The van der Waals surface area contributed by atoms with Crippen molar-refractivity contribution in [2.24, 2.45) is 5.41 Å². The van der Waals surface area contributed by atoms with E-state index >= 15 is 0 Å². The Morgan fingerprint density at radius 2 is 1.86 bits per heavy atom. The summed E-state index contributed by atoms with van der Waals surface area (Å²) in [6, 6.07) is 4.46. The first kappa shape index (κ1) is 21.6. The number of nitrogens with zero attached hydrogens (tertiary/aromatic N) is 2. The van der Waals surface area contributed by atoms with E-state index < -0.39 is 5.82 Å². The number of carbonyl (C=O) groups is 2. The molecule has 29 heavy (non-hydrogen) atoms. The number of nitrogens with one attached hydrogen (secondary N) is 1. The van der Waals surface area contributed by atoms with Gasteiger partial charge in [0.2, 0.25) is 0 Å². The van der Waals surface area contributed by atoms with E-state index in [9.17, 15) is 14.0 Å². The van der Waals surface area contributed by atoms with Crippen LogP contribution in [-0.2, 0) is 19.4 Å². The number of benzene rings is 1. The predicted octanol–water partition coefficient (Wildman–Crippen LogP) is 4.56. The Morgan fingerprint density at radius 1 is 1.17 bits per heavy atom. The van der Waals surface area contributed by atoms with Crippen LogP contribution >= 0.6 is 15.9 Å². The summed E-state index contributed by atoms with van der Waals surface area (Å²) in [7, 11) is 1.51. The van der Waals surface area contributed by atoms with Gasteiger partial charge in [0.15, 0.2) is 0 Å². The average molecular weight is 464 g/mol. The number of anilines is 1. The van der Waals surface area contributed by atoms with E-state index in [4.69, 9.17) is 0 Å². The second-order valence-electron chi connectivity index (χ2n) is 7.99. The van der Waals surface area contributed by atoms with Crippen LogP contribution in [0.3, 0.4) is 0 Å². The molecule has 0 bridgehead atoms. The maximum absolute atomic E-state index is 14.1. The first-order valence-corrected chi connectivity index (χ1v) is 10.8. The molecule has 0 saturated heterocycles. The fraction of sp³-hybridized carbons (Fsp3) is 0.455. The second kappa shape index (κ2) is 7.94. The standard InChI is InChI=1S/C20H21BrFN3O2.C2H6/c1-20(2)9-11-6-15-19(27)25(5-4-24(15)16(11)10-20)14-8-12(22)7-13(21)17(14)18(26)23-3;1-2/h6-8H,4-5,9-10H2,1-3H3,(H,23,26);1-2H3. The SMILES string of the molecule is CC.CNC(=O)c1c(Br)cc(F)cc1N1CCn2c(cc3c2CC(C)(C)C3)C1=O. The van der Waals surface area contributed by atoms with E-state index in [1.165, 1.54) is 35.3 Å². The van der Waals surface area contributed by atoms with Gasteiger partial charge in [0.05, 0.1) is 11.3 Å². The summed E-state index contributed by atoms with van der Waals surface area (Å²) in [4.78, 5) is 27.1. The molecule has 2 aromatic rings. The van der Waals surface area contributed by atoms with Crippen LogP contribution in [0.25, 0.3) is 0 Å². The highest BCUT2D eigenvalue weighted by atomic mass is 79.9. The van der Waals surface area contributed by atoms with Gasteiger partial charge in [-0.1, -0.05) is 27.7 Å². The van der Waals surface area contributed by atoms with E-state index in [0.29, 0.717) is 28.9 Å². The summed E-state index contributed by atoms with van der Waals surface area (Å²) in [6.45, 7) is 9.49. The fourth-order valence-corrected chi connectivity index (χ4v) is 4.87. The van der Waals surface area contributed by atoms with Crippen molar-refractivity contribution in [3.05, 3.63) is 51.0 Å². The topological polar surface area (TPSA) is 54.3 Å². The molecule has 7 heteroatoms. The molecule has 4 rings (SSSR count). The summed E-state index contributed by atoms with van der Waals surface area (Å²) in [5.74, 6) is -1.06. The highest BCUT2D eigenvalue weighted by Crippen LogP contribution is 2.40. The van der Waals surface area contributed by atoms with Crippen LogP contribution in [0.2, 0.25) is 0 Å². The van der Waals surface area contributed by atoms with Crippen molar-refractivity contribution in [3.8, 4) is 0 Å². The van der Waals surface area contributed by atoms with Crippen LogP contribution in [0.15, 0.2) is 22.7 Å². The van der Waals surface area contributed by atoms with Gasteiger partial charge in [-0.2, -0.15) is 0 Å². The van der Waals surface area contributed by atoms with Gasteiger partial charge >= 0.3 is 0 Å². The van der Waals surface area contributed by atoms with Gasteiger partial charge in [-0.3, -0.25) is 9.59 Å². The quantitative estimate of drug-likeness (QED) is 0.709. The first-order valence-electron chi connectivity index (χ1n) is 9.96. The minimum Gasteiger partial charge on any atom is -0.355 e. The Kier molecular flexibility index (Phi) is 5.90. The Bertz CT molecular complexity index is 981. The number of halogens is 2. The molecule has 5 nitrogen and oxygen atoms in total. The molecule has 0 spiro atoms. The number of amides is 2. The van der Waals surface area contributed by atoms with Gasteiger partial charge in [-0.15, -0.1) is 0 Å². The zero-order valence-corrected chi connectivity index (χ0v) is 19.1. The Hall–Kier alpha value is -2.15. The van der Waals surface area contributed by atoms with Crippen molar-refractivity contribution in [1.82, 2.24) is 9.88 Å². The molecule has 2 aliphatic rings. The van der Waals surface area contributed by atoms with Gasteiger partial charge < -0.3 is 14.8 Å². The number of carbonyl (C=O) groups excluding carboxylic acids is 2. The van der Waals surface area contributed by atoms with Crippen LogP contribution in [0.5, 0.6) is 0 Å². The molecule has 0 fully saturated rings. The van der Waals surface area contributed by atoms with Crippen molar-refractivity contribution in [3.63, 3.8) is 0 Å². The number of hydrogen-bond acceptors (Lipinski definition) is 2. The molecule has 2 amide bonds. The molecule has 2 heterocycles. The molecule has 1 aliphatic carbocycles. The van der Waals surface area contributed by atoms with Crippen molar-refractivity contribution in [1.29, 1.82) is 0 Å². The predicted molar refractivity (Wildman–Crippen MR) is 116 cm³/mol. The highest BCUT2D eigenvalue weighted by molar-refractivity contribution is 9.10. The summed E-state index contributed by atoms with van der Waals surface area (Å²) in [5.41, 5.74) is 3.84. The van der Waals surface area contributed by atoms with E-state index in [2.05, 4.69) is 39.7 Å². The molecule has 0 atom stereocenters. The maximum atomic E-state index is 14.1. The van der Waals surface area contributed by atoms with Crippen LogP contribution in [-0.4, -0.2) is 30.0 Å². The molecule has 0 unspecified atom stereocenters. The lowest BCUT2D eigenvalue weighted by Crippen LogP contribution is -2.42. The molecule has 0 radical (unpaired) electrons. The molecule has 1 aliphatic heterocycles. The van der Waals surface area contributed by atoms with Gasteiger partial charge in [-0.05, 0) is 57.9 Å². The number of rotatable bonds is 2. The van der Waals surface area contributed by atoms with Crippen LogP contribution in [0, 0.1) is 11.2 Å². The monoisotopic (exact) mass is 463 g/mol. The van der Waals surface area contributed by atoms with E-state index in [0.717, 1.165) is 12.8 Å². The summed E-state index contributed by atoms with van der Waals surface area (Å²) >= 11 is 3.26. The highest BCUT2D eigenvalue weighted by Gasteiger charge is 2.37. The molecule has 156 valence electrons. The van der Waals surface area contributed by atoms with Crippen molar-refractivity contribution >= 4 is 33.4 Å². The van der Waals surface area contributed by atoms with Gasteiger partial charge in [0, 0.05) is 30.3 Å². The molecule has 1 aromatic carbocycles. The molecular formula is C22H27BrFN3O2. The molecule has 1 N–H and O–H groups in total. The average Bonchev–Trinajstić information content (AvgIpc) is 3.15. The third-order valence-electron chi connectivity index (χ3n) is 5.40. The van der Waals surface area contributed by atoms with Crippen molar-refractivity contribution in [2.75, 3.05) is 18.5 Å². The van der Waals surface area contributed by atoms with Crippen molar-refractivity contribution < 1.29 is 14.0 Å². The van der Waals surface area contributed by atoms with Gasteiger partial charge in [0.1, 0.15) is 11.5 Å². The molecule has 1 aromatic heterocycles. The third-order valence-corrected chi connectivity index (χ3v) is 6.03. The Morgan fingerprint density at radius 3 is 2.52 bits per heavy atom. The van der Waals surface area contributed by atoms with Crippen LogP contribution in [0.4, 0.5) is 10.1 Å². The largest absolute Gasteiger partial charge is 0.355 e. The lowest BCUT2D eigenvalue weighted by atomic mass is 9.90. The molecule has 0 saturated carbocycles. The second-order valence-corrected chi connectivity index (χ2v) is 8.84. The van der Waals surface area contributed by atoms with E-state index in [1.807, 2.05) is 19.9 Å². The van der Waals surface area contributed by atoms with E-state index in [-0.39, 0.29) is 22.8 Å². The lowest BCUT2D eigenvalue weighted by Gasteiger charge is -2.31. The number of aromatic nitrogens is 1. The molecular weight excluding hydrogens is 437 g/mol. The lowest BCUT2D eigenvalue weighted by molar-refractivity contribution is 0.0959. The van der Waals surface area contributed by atoms with Gasteiger partial charge in [0.25, 0.3) is 11.8 Å². The summed E-state index contributed by atoms with van der Waals surface area (Å²) < 4.78 is 16.5. The summed E-state index contributed by atoms with van der Waals surface area (Å²) in [5, 5.41) is 2.56. The van der Waals surface area contributed by atoms with E-state index in [1.54, 1.807) is 0 Å². The van der Waals surface area contributed by atoms with Crippen LogP contribution < -0.4 is 10.2 Å². The fourth-order valence-electron chi connectivity index (χ4n) is 4.26.